The summed E-state index contributed by atoms with van der Waals surface area (Å²) in [6.07, 6.45) is 2.00. The van der Waals surface area contributed by atoms with Gasteiger partial charge < -0.3 is 15.8 Å². The van der Waals surface area contributed by atoms with Crippen LogP contribution in [0.1, 0.15) is 29.5 Å². The summed E-state index contributed by atoms with van der Waals surface area (Å²) >= 11 is 3.37. The van der Waals surface area contributed by atoms with Crippen molar-refractivity contribution >= 4 is 34.9 Å². The highest BCUT2D eigenvalue weighted by molar-refractivity contribution is 8.01. The molecule has 0 radical (unpaired) electrons. The van der Waals surface area contributed by atoms with Crippen LogP contribution in [0.15, 0.2) is 10.4 Å². The van der Waals surface area contributed by atoms with Gasteiger partial charge in [-0.3, -0.25) is 0 Å². The largest absolute Gasteiger partial charge is 0.381 e. The lowest BCUT2D eigenvalue weighted by Gasteiger charge is -2.11. The summed E-state index contributed by atoms with van der Waals surface area (Å²) in [7, 11) is 0. The first-order valence-electron chi connectivity index (χ1n) is 7.59. The van der Waals surface area contributed by atoms with E-state index in [2.05, 4.69) is 25.5 Å². The minimum atomic E-state index is 0.315. The van der Waals surface area contributed by atoms with Gasteiger partial charge in [-0.05, 0) is 19.8 Å². The lowest BCUT2D eigenvalue weighted by Crippen LogP contribution is -2.10. The van der Waals surface area contributed by atoms with E-state index < -0.39 is 0 Å². The van der Waals surface area contributed by atoms with E-state index in [0.717, 1.165) is 52.6 Å². The smallest absolute Gasteiger partial charge is 0.222 e. The molecule has 9 heteroatoms. The van der Waals surface area contributed by atoms with Crippen LogP contribution in [0.4, 0.5) is 11.8 Å². The van der Waals surface area contributed by atoms with E-state index in [1.165, 1.54) is 0 Å². The van der Waals surface area contributed by atoms with E-state index in [1.54, 1.807) is 23.1 Å². The third-order valence-electron chi connectivity index (χ3n) is 3.47. The first-order chi connectivity index (χ1) is 11.2. The third kappa shape index (κ3) is 4.76. The van der Waals surface area contributed by atoms with Gasteiger partial charge in [0, 0.05) is 30.9 Å². The topological polar surface area (TPSA) is 98.8 Å². The molecule has 2 aromatic rings. The average Bonchev–Trinajstić information content (AvgIpc) is 3.18. The van der Waals surface area contributed by atoms with Crippen molar-refractivity contribution in [2.45, 2.75) is 30.0 Å². The van der Waals surface area contributed by atoms with E-state index in [-0.39, 0.29) is 0 Å². The van der Waals surface area contributed by atoms with Crippen LogP contribution in [0, 0.1) is 6.92 Å². The summed E-state index contributed by atoms with van der Waals surface area (Å²) in [6, 6.07) is 1.98. The summed E-state index contributed by atoms with van der Waals surface area (Å²) < 4.78 is 6.44. The van der Waals surface area contributed by atoms with Crippen LogP contribution in [0.2, 0.25) is 0 Å². The summed E-state index contributed by atoms with van der Waals surface area (Å²) in [4.78, 5) is 8.58. The van der Waals surface area contributed by atoms with Crippen molar-refractivity contribution in [2.75, 3.05) is 36.6 Å². The second-order valence-electron chi connectivity index (χ2n) is 5.31. The molecule has 0 spiro atoms. The number of nitrogens with two attached hydrogens (primary N) is 1. The van der Waals surface area contributed by atoms with E-state index in [4.69, 9.17) is 10.5 Å². The number of hydrogen-bond acceptors (Lipinski definition) is 9. The van der Waals surface area contributed by atoms with Gasteiger partial charge in [-0.1, -0.05) is 23.1 Å². The molecule has 2 aromatic heterocycles. The summed E-state index contributed by atoms with van der Waals surface area (Å²) in [5, 5.41) is 12.4. The maximum absolute atomic E-state index is 5.81. The number of anilines is 2. The Balaban J connectivity index is 1.46. The van der Waals surface area contributed by atoms with Crippen molar-refractivity contribution in [1.29, 1.82) is 0 Å². The Hall–Kier alpha value is -1.45. The normalized spacial score (nSPS) is 17.5. The second kappa shape index (κ2) is 7.89. The molecule has 0 saturated carbocycles. The molecule has 1 aliphatic rings. The first-order valence-corrected chi connectivity index (χ1v) is 9.40. The highest BCUT2D eigenvalue weighted by Gasteiger charge is 2.20. The van der Waals surface area contributed by atoms with E-state index in [0.29, 0.717) is 18.5 Å². The van der Waals surface area contributed by atoms with Crippen molar-refractivity contribution in [3.63, 3.8) is 0 Å². The van der Waals surface area contributed by atoms with Crippen molar-refractivity contribution in [3.05, 3.63) is 16.8 Å². The number of nitrogen functional groups attached to an aromatic ring is 1. The molecular weight excluding hydrogens is 332 g/mol. The predicted molar refractivity (Wildman–Crippen MR) is 93.1 cm³/mol. The molecule has 0 bridgehead atoms. The third-order valence-corrected chi connectivity index (χ3v) is 5.53. The van der Waals surface area contributed by atoms with Crippen LogP contribution < -0.4 is 11.1 Å². The Morgan fingerprint density at radius 2 is 2.35 bits per heavy atom. The number of nitrogens with zero attached hydrogens (tertiary/aromatic N) is 4. The Bertz CT molecular complexity index is 644. The molecule has 3 N–H and O–H groups in total. The van der Waals surface area contributed by atoms with Crippen LogP contribution in [0.25, 0.3) is 0 Å². The number of thioether (sulfide) groups is 1. The van der Waals surface area contributed by atoms with Gasteiger partial charge in [-0.15, -0.1) is 10.2 Å². The van der Waals surface area contributed by atoms with Gasteiger partial charge in [0.25, 0.3) is 0 Å². The number of hydrogen-bond donors (Lipinski definition) is 2. The summed E-state index contributed by atoms with van der Waals surface area (Å²) in [6.45, 7) is 4.31. The van der Waals surface area contributed by atoms with Gasteiger partial charge in [0.05, 0.1) is 12.3 Å². The Morgan fingerprint density at radius 1 is 1.43 bits per heavy atom. The van der Waals surface area contributed by atoms with Gasteiger partial charge >= 0.3 is 0 Å². The van der Waals surface area contributed by atoms with Gasteiger partial charge in [0.15, 0.2) is 4.34 Å². The number of aryl methyl sites for hydroxylation is 1. The number of nitrogens with one attached hydrogen (secondary N) is 1. The molecule has 1 aliphatic heterocycles. The van der Waals surface area contributed by atoms with Crippen molar-refractivity contribution < 1.29 is 4.74 Å². The molecule has 3 heterocycles. The zero-order valence-electron chi connectivity index (χ0n) is 13.0. The van der Waals surface area contributed by atoms with Gasteiger partial charge in [-0.2, -0.15) is 4.98 Å². The van der Waals surface area contributed by atoms with Gasteiger partial charge in [0.2, 0.25) is 5.95 Å². The summed E-state index contributed by atoms with van der Waals surface area (Å²) in [5.41, 5.74) is 6.78. The molecule has 1 fully saturated rings. The van der Waals surface area contributed by atoms with Crippen molar-refractivity contribution in [2.24, 2.45) is 0 Å². The SMILES string of the molecule is Cc1nnc(SCCCNc2cc([C@@H]3CCOC3)nc(N)n2)s1. The molecule has 0 amide bonds. The van der Waals surface area contributed by atoms with Gasteiger partial charge in [-0.25, -0.2) is 4.98 Å². The molecule has 7 nitrogen and oxygen atoms in total. The van der Waals surface area contributed by atoms with E-state index in [1.807, 2.05) is 13.0 Å². The fourth-order valence-corrected chi connectivity index (χ4v) is 4.16. The Labute approximate surface area is 143 Å². The lowest BCUT2D eigenvalue weighted by atomic mass is 10.0. The molecular formula is C14H20N6OS2. The maximum atomic E-state index is 5.81. The number of ether oxygens (including phenoxy) is 1. The highest BCUT2D eigenvalue weighted by Crippen LogP contribution is 2.26. The van der Waals surface area contributed by atoms with Crippen LogP contribution in [-0.4, -0.2) is 45.7 Å². The van der Waals surface area contributed by atoms with Crippen LogP contribution in [0.3, 0.4) is 0 Å². The molecule has 3 rings (SSSR count). The van der Waals surface area contributed by atoms with Crippen LogP contribution >= 0.6 is 23.1 Å². The fourth-order valence-electron chi connectivity index (χ4n) is 2.34. The molecule has 1 saturated heterocycles. The van der Waals surface area contributed by atoms with Crippen molar-refractivity contribution in [3.8, 4) is 0 Å². The molecule has 23 heavy (non-hydrogen) atoms. The monoisotopic (exact) mass is 352 g/mol. The zero-order chi connectivity index (χ0) is 16.1. The molecule has 0 unspecified atom stereocenters. The summed E-state index contributed by atoms with van der Waals surface area (Å²) in [5.74, 6) is 2.43. The van der Waals surface area contributed by atoms with E-state index in [9.17, 15) is 0 Å². The Morgan fingerprint density at radius 3 is 3.09 bits per heavy atom. The minimum absolute atomic E-state index is 0.315. The average molecular weight is 352 g/mol. The fraction of sp³-hybridized carbons (Fsp3) is 0.571. The van der Waals surface area contributed by atoms with Crippen LogP contribution in [-0.2, 0) is 4.74 Å². The van der Waals surface area contributed by atoms with Gasteiger partial charge in [0.1, 0.15) is 10.8 Å². The maximum Gasteiger partial charge on any atom is 0.222 e. The second-order valence-corrected chi connectivity index (χ2v) is 7.84. The standard InChI is InChI=1S/C14H20N6OS2/c1-9-19-20-14(23-9)22-6-2-4-16-12-7-11(17-13(15)18-12)10-3-5-21-8-10/h7,10H,2-6,8H2,1H3,(H3,15,16,17,18)/t10-/m1/s1. The molecule has 0 aliphatic carbocycles. The van der Waals surface area contributed by atoms with E-state index >= 15 is 0 Å². The molecule has 1 atom stereocenters. The first kappa shape index (κ1) is 16.4. The molecule has 124 valence electrons. The zero-order valence-corrected chi connectivity index (χ0v) is 14.6. The quantitative estimate of drug-likeness (QED) is 0.578. The minimum Gasteiger partial charge on any atom is -0.381 e. The predicted octanol–water partition coefficient (Wildman–Crippen LogP) is 2.32. The number of aromatic nitrogens is 4. The highest BCUT2D eigenvalue weighted by atomic mass is 32.2. The number of rotatable bonds is 7. The lowest BCUT2D eigenvalue weighted by molar-refractivity contribution is 0.193. The van der Waals surface area contributed by atoms with Crippen LogP contribution in [0.5, 0.6) is 0 Å². The van der Waals surface area contributed by atoms with Crippen molar-refractivity contribution in [1.82, 2.24) is 20.2 Å². The Kier molecular flexibility index (Phi) is 5.63. The molecule has 0 aromatic carbocycles.